The molecule has 1 aromatic carbocycles. The average Bonchev–Trinajstić information content (AvgIpc) is 2.79. The van der Waals surface area contributed by atoms with Crippen LogP contribution in [0.1, 0.15) is 11.4 Å². The number of hydrogen-bond donors (Lipinski definition) is 0. The molecule has 2 aromatic heterocycles. The molecule has 7 nitrogen and oxygen atoms in total. The van der Waals surface area contributed by atoms with E-state index in [9.17, 15) is 5.26 Å². The molecule has 3 aromatic rings. The summed E-state index contributed by atoms with van der Waals surface area (Å²) >= 11 is 6.22. The minimum absolute atomic E-state index is 0.0112. The zero-order valence-corrected chi connectivity index (χ0v) is 11.7. The van der Waals surface area contributed by atoms with E-state index in [2.05, 4.69) is 26.1 Å². The number of benzene rings is 1. The zero-order valence-electron chi connectivity index (χ0n) is 10.9. The van der Waals surface area contributed by atoms with Crippen LogP contribution in [0.25, 0.3) is 32.4 Å². The molecule has 0 atom stereocenters. The summed E-state index contributed by atoms with van der Waals surface area (Å²) in [6.07, 6.45) is 0. The highest BCUT2D eigenvalue weighted by atomic mass is 35.5. The number of fused-ring (bicyclic) bond motifs is 3. The maximum Gasteiger partial charge on any atom is 0.157 e. The predicted octanol–water partition coefficient (Wildman–Crippen LogP) is 3.46. The molecule has 0 aliphatic heterocycles. The lowest BCUT2D eigenvalue weighted by atomic mass is 10.1. The van der Waals surface area contributed by atoms with Gasteiger partial charge in [-0.25, -0.2) is 9.97 Å². The molecule has 0 saturated carbocycles. The van der Waals surface area contributed by atoms with Gasteiger partial charge in [-0.05, 0) is 17.7 Å². The Morgan fingerprint density at radius 1 is 1.48 bits per heavy atom. The van der Waals surface area contributed by atoms with E-state index in [1.807, 2.05) is 23.7 Å². The number of rotatable bonds is 2. The van der Waals surface area contributed by atoms with Crippen molar-refractivity contribution in [3.8, 4) is 6.07 Å². The van der Waals surface area contributed by atoms with E-state index in [0.29, 0.717) is 22.4 Å². The van der Waals surface area contributed by atoms with Gasteiger partial charge in [-0.2, -0.15) is 5.26 Å². The van der Waals surface area contributed by atoms with Crippen LogP contribution in [0.3, 0.4) is 0 Å². The number of halogens is 1. The molecule has 21 heavy (non-hydrogen) atoms. The van der Waals surface area contributed by atoms with Crippen molar-refractivity contribution in [2.24, 2.45) is 12.2 Å². The van der Waals surface area contributed by atoms with E-state index in [4.69, 9.17) is 17.1 Å². The molecule has 0 radical (unpaired) electrons. The van der Waals surface area contributed by atoms with Gasteiger partial charge in [-0.1, -0.05) is 22.8 Å². The fourth-order valence-corrected chi connectivity index (χ4v) is 2.70. The van der Waals surface area contributed by atoms with Crippen LogP contribution in [0.15, 0.2) is 23.3 Å². The van der Waals surface area contributed by atoms with Gasteiger partial charge in [0, 0.05) is 17.3 Å². The maximum absolute atomic E-state index is 9.28. The van der Waals surface area contributed by atoms with Crippen molar-refractivity contribution in [3.05, 3.63) is 45.2 Å². The second-order valence-electron chi connectivity index (χ2n) is 4.39. The van der Waals surface area contributed by atoms with Gasteiger partial charge in [0.2, 0.25) is 0 Å². The van der Waals surface area contributed by atoms with E-state index in [1.54, 1.807) is 6.07 Å². The molecule has 2 heterocycles. The second kappa shape index (κ2) is 4.94. The molecular weight excluding hydrogens is 290 g/mol. The topological polar surface area (TPSA) is 103 Å². The third kappa shape index (κ3) is 1.94. The Labute approximate surface area is 124 Å². The van der Waals surface area contributed by atoms with Crippen LogP contribution < -0.4 is 0 Å². The van der Waals surface area contributed by atoms with Crippen LogP contribution >= 0.6 is 11.6 Å². The van der Waals surface area contributed by atoms with Crippen molar-refractivity contribution in [1.82, 2.24) is 14.5 Å². The Hall–Kier alpha value is -2.81. The Bertz CT molecular complexity index is 960. The molecule has 0 amide bonds. The van der Waals surface area contributed by atoms with E-state index in [1.165, 1.54) is 0 Å². The largest absolute Gasteiger partial charge is 0.340 e. The van der Waals surface area contributed by atoms with Crippen molar-refractivity contribution in [3.63, 3.8) is 0 Å². The number of hydrogen-bond acceptors (Lipinski definition) is 4. The molecule has 0 unspecified atom stereocenters. The maximum atomic E-state index is 9.28. The molecule has 0 spiro atoms. The summed E-state index contributed by atoms with van der Waals surface area (Å²) in [5, 5.41) is 13.7. The van der Waals surface area contributed by atoms with Crippen molar-refractivity contribution in [1.29, 1.82) is 5.26 Å². The minimum Gasteiger partial charge on any atom is -0.340 e. The van der Waals surface area contributed by atoms with E-state index in [-0.39, 0.29) is 11.7 Å². The monoisotopic (exact) mass is 297 g/mol. The lowest BCUT2D eigenvalue weighted by Gasteiger charge is -2.01. The fraction of sp³-hybridized carbons (Fsp3) is 0.154. The molecule has 0 fully saturated rings. The Balaban J connectivity index is 2.48. The highest BCUT2D eigenvalue weighted by Gasteiger charge is 2.17. The summed E-state index contributed by atoms with van der Waals surface area (Å²) in [5.74, 6) is 0.325. The van der Waals surface area contributed by atoms with Crippen LogP contribution in [-0.2, 0) is 13.6 Å². The number of nitrogens with zero attached hydrogens (tertiary/aromatic N) is 7. The molecule has 0 saturated heterocycles. The first kappa shape index (κ1) is 13.2. The van der Waals surface area contributed by atoms with E-state index in [0.717, 1.165) is 10.9 Å². The van der Waals surface area contributed by atoms with Crippen molar-refractivity contribution < 1.29 is 0 Å². The van der Waals surface area contributed by atoms with Crippen LogP contribution in [0, 0.1) is 11.3 Å². The number of azide groups is 1. The van der Waals surface area contributed by atoms with Gasteiger partial charge in [0.1, 0.15) is 16.9 Å². The standard InChI is InChI=1S/C13H8ClN7/c1-21-8-4-2-3-7(5-15)10(8)11-12(21)13(14)19-9(18-11)6-17-20-16/h2-4H,6H2,1H3. The number of aryl methyl sites for hydroxylation is 1. The normalized spacial score (nSPS) is 10.5. The average molecular weight is 298 g/mol. The highest BCUT2D eigenvalue weighted by molar-refractivity contribution is 6.35. The first-order chi connectivity index (χ1) is 10.2. The summed E-state index contributed by atoms with van der Waals surface area (Å²) in [6, 6.07) is 7.58. The van der Waals surface area contributed by atoms with Crippen molar-refractivity contribution in [2.45, 2.75) is 6.54 Å². The third-order valence-electron chi connectivity index (χ3n) is 3.26. The molecule has 0 aliphatic carbocycles. The number of aromatic nitrogens is 3. The van der Waals surface area contributed by atoms with Crippen LogP contribution in [-0.4, -0.2) is 14.5 Å². The van der Waals surface area contributed by atoms with Crippen molar-refractivity contribution in [2.75, 3.05) is 0 Å². The summed E-state index contributed by atoms with van der Waals surface area (Å²) < 4.78 is 1.85. The summed E-state index contributed by atoms with van der Waals surface area (Å²) in [6.45, 7) is 0.0112. The lowest BCUT2D eigenvalue weighted by molar-refractivity contribution is 0.909. The van der Waals surface area contributed by atoms with Crippen LogP contribution in [0.4, 0.5) is 0 Å². The summed E-state index contributed by atoms with van der Waals surface area (Å²) in [4.78, 5) is 11.2. The fourth-order valence-electron chi connectivity index (χ4n) is 2.39. The molecule has 0 bridgehead atoms. The minimum atomic E-state index is 0.0112. The van der Waals surface area contributed by atoms with E-state index < -0.39 is 0 Å². The van der Waals surface area contributed by atoms with Gasteiger partial charge in [-0.3, -0.25) is 0 Å². The third-order valence-corrected chi connectivity index (χ3v) is 3.52. The lowest BCUT2D eigenvalue weighted by Crippen LogP contribution is -1.96. The van der Waals surface area contributed by atoms with Gasteiger partial charge < -0.3 is 4.57 Å². The van der Waals surface area contributed by atoms with Crippen LogP contribution in [0.5, 0.6) is 0 Å². The Kier molecular flexibility index (Phi) is 3.10. The Morgan fingerprint density at radius 3 is 3.00 bits per heavy atom. The molecule has 0 N–H and O–H groups in total. The van der Waals surface area contributed by atoms with Gasteiger partial charge >= 0.3 is 0 Å². The quantitative estimate of drug-likeness (QED) is 0.313. The zero-order chi connectivity index (χ0) is 15.0. The molecule has 0 aliphatic rings. The molecule has 8 heteroatoms. The number of nitriles is 1. The van der Waals surface area contributed by atoms with Gasteiger partial charge in [0.15, 0.2) is 5.15 Å². The summed E-state index contributed by atoms with van der Waals surface area (Å²) in [7, 11) is 1.84. The second-order valence-corrected chi connectivity index (χ2v) is 4.75. The van der Waals surface area contributed by atoms with Crippen molar-refractivity contribution >= 4 is 33.5 Å². The highest BCUT2D eigenvalue weighted by Crippen LogP contribution is 2.32. The smallest absolute Gasteiger partial charge is 0.157 e. The predicted molar refractivity (Wildman–Crippen MR) is 78.6 cm³/mol. The van der Waals surface area contributed by atoms with Gasteiger partial charge in [-0.15, -0.1) is 0 Å². The van der Waals surface area contributed by atoms with Gasteiger partial charge in [0.25, 0.3) is 0 Å². The molecule has 3 rings (SSSR count). The first-order valence-electron chi connectivity index (χ1n) is 6.02. The molecule has 102 valence electrons. The summed E-state index contributed by atoms with van der Waals surface area (Å²) in [5.41, 5.74) is 11.0. The SMILES string of the molecule is Cn1c2cccc(C#N)c2c2nc(CN=[N+]=[N-])nc(Cl)c21. The van der Waals surface area contributed by atoms with E-state index >= 15 is 0 Å². The Morgan fingerprint density at radius 2 is 2.29 bits per heavy atom. The van der Waals surface area contributed by atoms with Gasteiger partial charge in [0.05, 0.1) is 23.7 Å². The van der Waals surface area contributed by atoms with Crippen LogP contribution in [0.2, 0.25) is 5.15 Å². The first-order valence-corrected chi connectivity index (χ1v) is 6.39. The molecular formula is C13H8ClN7.